The van der Waals surface area contributed by atoms with Crippen molar-refractivity contribution < 1.29 is 4.74 Å². The summed E-state index contributed by atoms with van der Waals surface area (Å²) in [7, 11) is 0. The Bertz CT molecular complexity index is 3610. The molecule has 3 aromatic heterocycles. The number of rotatable bonds is 8. The molecule has 2 aliphatic rings. The molecule has 0 N–H and O–H groups in total. The van der Waals surface area contributed by atoms with Crippen molar-refractivity contribution in [3.05, 3.63) is 212 Å². The third-order valence-electron chi connectivity index (χ3n) is 13.7. The highest BCUT2D eigenvalue weighted by Gasteiger charge is 2.33. The number of benzene rings is 8. The molecule has 322 valence electrons. The van der Waals surface area contributed by atoms with Crippen LogP contribution in [0.2, 0.25) is 0 Å². The van der Waals surface area contributed by atoms with Gasteiger partial charge in [0.1, 0.15) is 29.8 Å². The SMILES string of the molecule is Cc1cc(-n2c3ccccc3c3ccc(Oc4cccc(N5CN(c6c(-c7ccccc7)cccc6-c6ccccc6)c6cc7c(cc65)nc5n7CCCC5)c4)cc32)ncc1-c1ccccc1. The molecule has 0 atom stereocenters. The summed E-state index contributed by atoms with van der Waals surface area (Å²) in [4.78, 5) is 15.2. The molecule has 0 fully saturated rings. The lowest BCUT2D eigenvalue weighted by molar-refractivity contribution is 0.483. The van der Waals surface area contributed by atoms with Crippen LogP contribution < -0.4 is 14.5 Å². The molecule has 7 nitrogen and oxygen atoms in total. The molecule has 7 heteroatoms. The van der Waals surface area contributed by atoms with Gasteiger partial charge in [-0.3, -0.25) is 4.57 Å². The Morgan fingerprint density at radius 3 is 1.91 bits per heavy atom. The van der Waals surface area contributed by atoms with Gasteiger partial charge in [0.15, 0.2) is 0 Å². The van der Waals surface area contributed by atoms with Crippen molar-refractivity contribution in [2.24, 2.45) is 0 Å². The summed E-state index contributed by atoms with van der Waals surface area (Å²) in [6, 6.07) is 69.1. The maximum absolute atomic E-state index is 6.86. The standard InChI is InChI=1S/C60H46N6O/c1-40-33-59(61-38-51(40)43-21-9-4-10-22-43)66-53-28-12-11-25-49(53)50-31-30-46(35-54(50)66)67-45-24-15-23-44(34-45)64-39-65(57-37-55-52(36-56(57)64)62-58-29-13-14-32-63(55)58)60-47(41-17-5-2-6-18-41)26-16-27-48(60)42-19-7-3-8-20-42/h2-12,15-28,30-31,33-38H,13-14,29,32,39H2,1H3. The molecule has 0 spiro atoms. The fourth-order valence-electron chi connectivity index (χ4n) is 10.6. The van der Waals surface area contributed by atoms with Gasteiger partial charge < -0.3 is 19.1 Å². The van der Waals surface area contributed by atoms with Crippen molar-refractivity contribution >= 4 is 55.6 Å². The Balaban J connectivity index is 0.916. The molecule has 0 saturated heterocycles. The van der Waals surface area contributed by atoms with E-state index in [-0.39, 0.29) is 0 Å². The van der Waals surface area contributed by atoms with Gasteiger partial charge >= 0.3 is 0 Å². The lowest BCUT2D eigenvalue weighted by atomic mass is 9.95. The lowest BCUT2D eigenvalue weighted by Gasteiger charge is -2.27. The minimum atomic E-state index is 0.601. The van der Waals surface area contributed by atoms with Crippen LogP contribution in [0, 0.1) is 6.92 Å². The highest BCUT2D eigenvalue weighted by atomic mass is 16.5. The molecule has 5 heterocycles. The van der Waals surface area contributed by atoms with Gasteiger partial charge in [-0.05, 0) is 90.6 Å². The normalized spacial score (nSPS) is 13.4. The number of para-hydroxylation sites is 2. The summed E-state index contributed by atoms with van der Waals surface area (Å²) in [6.07, 6.45) is 5.34. The third kappa shape index (κ3) is 6.65. The number of imidazole rings is 1. The summed E-state index contributed by atoms with van der Waals surface area (Å²) < 4.78 is 11.6. The second-order valence-corrected chi connectivity index (χ2v) is 17.8. The molecule has 8 aromatic carbocycles. The fraction of sp³-hybridized carbons (Fsp3) is 0.100. The topological polar surface area (TPSA) is 51.4 Å². The summed E-state index contributed by atoms with van der Waals surface area (Å²) in [5.74, 6) is 3.56. The first kappa shape index (κ1) is 39.0. The zero-order chi connectivity index (χ0) is 44.4. The van der Waals surface area contributed by atoms with Crippen LogP contribution in [-0.2, 0) is 13.0 Å². The molecule has 13 rings (SSSR count). The summed E-state index contributed by atoms with van der Waals surface area (Å²) in [6.45, 7) is 3.76. The van der Waals surface area contributed by atoms with Crippen molar-refractivity contribution in [2.75, 3.05) is 16.5 Å². The number of ether oxygens (including phenoxy) is 1. The van der Waals surface area contributed by atoms with Crippen molar-refractivity contribution in [2.45, 2.75) is 32.7 Å². The van der Waals surface area contributed by atoms with Gasteiger partial charge in [-0.15, -0.1) is 0 Å². The molecular weight excluding hydrogens is 821 g/mol. The van der Waals surface area contributed by atoms with Gasteiger partial charge in [0.05, 0.1) is 39.1 Å². The van der Waals surface area contributed by atoms with Gasteiger partial charge in [-0.1, -0.05) is 133 Å². The molecule has 0 radical (unpaired) electrons. The van der Waals surface area contributed by atoms with Crippen molar-refractivity contribution in [3.8, 4) is 50.7 Å². The smallest absolute Gasteiger partial charge is 0.137 e. The predicted molar refractivity (Wildman–Crippen MR) is 274 cm³/mol. The van der Waals surface area contributed by atoms with Crippen LogP contribution in [0.5, 0.6) is 11.5 Å². The highest BCUT2D eigenvalue weighted by Crippen LogP contribution is 2.52. The quantitative estimate of drug-likeness (QED) is 0.152. The van der Waals surface area contributed by atoms with Crippen LogP contribution in [0.4, 0.5) is 22.7 Å². The van der Waals surface area contributed by atoms with E-state index in [1.807, 2.05) is 12.3 Å². The molecule has 0 bridgehead atoms. The molecule has 11 aromatic rings. The highest BCUT2D eigenvalue weighted by molar-refractivity contribution is 6.09. The van der Waals surface area contributed by atoms with Crippen molar-refractivity contribution in [1.82, 2.24) is 19.1 Å². The molecule has 0 unspecified atom stereocenters. The number of hydrogen-bond donors (Lipinski definition) is 0. The Labute approximate surface area is 389 Å². The van der Waals surface area contributed by atoms with Gasteiger partial charge in [-0.25, -0.2) is 9.97 Å². The van der Waals surface area contributed by atoms with E-state index in [1.54, 1.807) is 0 Å². The lowest BCUT2D eigenvalue weighted by Crippen LogP contribution is -2.25. The number of aryl methyl sites for hydroxylation is 3. The minimum Gasteiger partial charge on any atom is -0.457 e. The molecule has 0 aliphatic carbocycles. The molecular formula is C60H46N6O. The van der Waals surface area contributed by atoms with Gasteiger partial charge in [0, 0.05) is 64.4 Å². The summed E-state index contributed by atoms with van der Waals surface area (Å²) >= 11 is 0. The van der Waals surface area contributed by atoms with Crippen LogP contribution in [-0.4, -0.2) is 25.8 Å². The largest absolute Gasteiger partial charge is 0.457 e. The maximum Gasteiger partial charge on any atom is 0.137 e. The first-order chi connectivity index (χ1) is 33.1. The van der Waals surface area contributed by atoms with E-state index in [0.717, 1.165) is 80.4 Å². The number of nitrogens with zero attached hydrogens (tertiary/aromatic N) is 6. The van der Waals surface area contributed by atoms with E-state index >= 15 is 0 Å². The summed E-state index contributed by atoms with van der Waals surface area (Å²) in [5, 5.41) is 2.32. The van der Waals surface area contributed by atoms with E-state index < -0.39 is 0 Å². The Morgan fingerprint density at radius 2 is 1.16 bits per heavy atom. The Morgan fingerprint density at radius 1 is 0.507 bits per heavy atom. The molecule has 0 saturated carbocycles. The Hall–Kier alpha value is -8.42. The zero-order valence-electron chi connectivity index (χ0n) is 37.2. The number of anilines is 4. The number of aromatic nitrogens is 4. The monoisotopic (exact) mass is 866 g/mol. The predicted octanol–water partition coefficient (Wildman–Crippen LogP) is 15.2. The van der Waals surface area contributed by atoms with Gasteiger partial charge in [0.2, 0.25) is 0 Å². The van der Waals surface area contributed by atoms with E-state index in [0.29, 0.717) is 6.67 Å². The van der Waals surface area contributed by atoms with Crippen LogP contribution in [0.15, 0.2) is 200 Å². The fourth-order valence-corrected chi connectivity index (χ4v) is 10.6. The molecule has 67 heavy (non-hydrogen) atoms. The number of pyridine rings is 1. The average molecular weight is 867 g/mol. The Kier molecular flexibility index (Phi) is 9.27. The second kappa shape index (κ2) is 15.9. The van der Waals surface area contributed by atoms with Crippen LogP contribution in [0.1, 0.15) is 24.2 Å². The first-order valence-electron chi connectivity index (χ1n) is 23.3. The van der Waals surface area contributed by atoms with Crippen LogP contribution in [0.25, 0.3) is 72.0 Å². The van der Waals surface area contributed by atoms with E-state index in [9.17, 15) is 0 Å². The third-order valence-corrected chi connectivity index (χ3v) is 13.7. The van der Waals surface area contributed by atoms with Gasteiger partial charge in [-0.2, -0.15) is 0 Å². The van der Waals surface area contributed by atoms with E-state index in [2.05, 4.69) is 214 Å². The first-order valence-corrected chi connectivity index (χ1v) is 23.3. The van der Waals surface area contributed by atoms with E-state index in [4.69, 9.17) is 14.7 Å². The molecule has 0 amide bonds. The minimum absolute atomic E-state index is 0.601. The zero-order valence-corrected chi connectivity index (χ0v) is 37.2. The van der Waals surface area contributed by atoms with Crippen molar-refractivity contribution in [3.63, 3.8) is 0 Å². The molecule has 2 aliphatic heterocycles. The van der Waals surface area contributed by atoms with Crippen LogP contribution in [0.3, 0.4) is 0 Å². The van der Waals surface area contributed by atoms with Crippen LogP contribution >= 0.6 is 0 Å². The summed E-state index contributed by atoms with van der Waals surface area (Å²) in [5.41, 5.74) is 17.1. The number of fused-ring (bicyclic) bond motifs is 7. The van der Waals surface area contributed by atoms with Crippen molar-refractivity contribution in [1.29, 1.82) is 0 Å². The van der Waals surface area contributed by atoms with Gasteiger partial charge in [0.25, 0.3) is 0 Å². The average Bonchev–Trinajstić information content (AvgIpc) is 4.05. The second-order valence-electron chi connectivity index (χ2n) is 17.8. The van der Waals surface area contributed by atoms with E-state index in [1.165, 1.54) is 63.1 Å². The maximum atomic E-state index is 6.86. The number of hydrogen-bond acceptors (Lipinski definition) is 5.